The summed E-state index contributed by atoms with van der Waals surface area (Å²) in [5, 5.41) is 2.00. The van der Waals surface area contributed by atoms with Gasteiger partial charge in [0.05, 0.1) is 20.3 Å². The van der Waals surface area contributed by atoms with Crippen LogP contribution < -0.4 is 9.47 Å². The van der Waals surface area contributed by atoms with E-state index in [9.17, 15) is 8.42 Å². The number of thiophene rings is 1. The van der Waals surface area contributed by atoms with Crippen LogP contribution in [0.5, 0.6) is 11.5 Å². The van der Waals surface area contributed by atoms with Gasteiger partial charge in [0.2, 0.25) is 10.0 Å². The fraction of sp³-hybridized carbons (Fsp3) is 0.444. The molecule has 3 rings (SSSR count). The van der Waals surface area contributed by atoms with E-state index in [1.807, 2.05) is 17.5 Å². The lowest BCUT2D eigenvalue weighted by Crippen LogP contribution is -2.34. The average Bonchev–Trinajstić information content (AvgIpc) is 3.04. The Morgan fingerprint density at radius 2 is 1.96 bits per heavy atom. The number of methoxy groups -OCH3 is 2. The molecule has 1 aromatic carbocycles. The van der Waals surface area contributed by atoms with E-state index in [0.717, 1.165) is 30.6 Å². The van der Waals surface area contributed by atoms with Crippen molar-refractivity contribution < 1.29 is 17.9 Å². The van der Waals surface area contributed by atoms with Gasteiger partial charge in [-0.25, -0.2) is 8.42 Å². The van der Waals surface area contributed by atoms with Crippen LogP contribution in [-0.4, -0.2) is 33.5 Å². The Bertz CT molecular complexity index is 802. The molecule has 1 fully saturated rings. The maximum absolute atomic E-state index is 13.5. The third kappa shape index (κ3) is 3.68. The van der Waals surface area contributed by atoms with Crippen molar-refractivity contribution in [1.82, 2.24) is 4.31 Å². The molecule has 1 aromatic heterocycles. The van der Waals surface area contributed by atoms with Crippen LogP contribution in [0.1, 0.15) is 36.6 Å². The zero-order valence-electron chi connectivity index (χ0n) is 14.5. The second-order valence-electron chi connectivity index (χ2n) is 6.01. The van der Waals surface area contributed by atoms with E-state index in [1.54, 1.807) is 33.8 Å². The van der Waals surface area contributed by atoms with E-state index < -0.39 is 10.0 Å². The summed E-state index contributed by atoms with van der Waals surface area (Å²) in [4.78, 5) is 1.25. The molecule has 0 N–H and O–H groups in total. The second kappa shape index (κ2) is 7.76. The molecule has 1 aliphatic rings. The molecule has 1 aliphatic heterocycles. The molecule has 1 unspecified atom stereocenters. The molecule has 0 spiro atoms. The maximum atomic E-state index is 13.5. The van der Waals surface area contributed by atoms with Crippen LogP contribution in [-0.2, 0) is 10.0 Å². The topological polar surface area (TPSA) is 55.8 Å². The Morgan fingerprint density at radius 3 is 2.64 bits per heavy atom. The van der Waals surface area contributed by atoms with E-state index in [1.165, 1.54) is 14.2 Å². The van der Waals surface area contributed by atoms with Crippen molar-refractivity contribution in [2.45, 2.75) is 36.6 Å². The molecule has 0 radical (unpaired) electrons. The van der Waals surface area contributed by atoms with E-state index in [4.69, 9.17) is 9.47 Å². The molecule has 0 bridgehead atoms. The number of sulfonamides is 1. The molecule has 5 nitrogen and oxygen atoms in total. The fourth-order valence-corrected chi connectivity index (χ4v) is 6.03. The predicted molar refractivity (Wildman–Crippen MR) is 99.0 cm³/mol. The van der Waals surface area contributed by atoms with Crippen molar-refractivity contribution in [2.24, 2.45) is 0 Å². The van der Waals surface area contributed by atoms with Gasteiger partial charge in [0.25, 0.3) is 0 Å². The fourth-order valence-electron chi connectivity index (χ4n) is 3.25. The number of hydrogen-bond acceptors (Lipinski definition) is 5. The van der Waals surface area contributed by atoms with Crippen molar-refractivity contribution in [2.75, 3.05) is 20.8 Å². The summed E-state index contributed by atoms with van der Waals surface area (Å²) >= 11 is 1.61. The Balaban J connectivity index is 2.07. The molecular formula is C18H23NO4S2. The Kier molecular flexibility index (Phi) is 5.66. The van der Waals surface area contributed by atoms with Crippen LogP contribution in [0.2, 0.25) is 0 Å². The van der Waals surface area contributed by atoms with Crippen LogP contribution in [0.15, 0.2) is 40.6 Å². The molecule has 136 valence electrons. The summed E-state index contributed by atoms with van der Waals surface area (Å²) in [6, 6.07) is 8.77. The third-order valence-corrected chi connectivity index (χ3v) is 7.44. The normalized spacial score (nSPS) is 19.4. The van der Waals surface area contributed by atoms with Gasteiger partial charge in [-0.1, -0.05) is 18.9 Å². The van der Waals surface area contributed by atoms with Crippen molar-refractivity contribution in [3.63, 3.8) is 0 Å². The monoisotopic (exact) mass is 381 g/mol. The van der Waals surface area contributed by atoms with E-state index in [0.29, 0.717) is 18.0 Å². The van der Waals surface area contributed by atoms with Gasteiger partial charge in [-0.3, -0.25) is 0 Å². The lowest BCUT2D eigenvalue weighted by molar-refractivity contribution is 0.329. The van der Waals surface area contributed by atoms with Crippen molar-refractivity contribution in [3.05, 3.63) is 40.6 Å². The van der Waals surface area contributed by atoms with Gasteiger partial charge >= 0.3 is 0 Å². The van der Waals surface area contributed by atoms with E-state index in [-0.39, 0.29) is 10.9 Å². The Hall–Kier alpha value is -1.57. The van der Waals surface area contributed by atoms with Gasteiger partial charge < -0.3 is 9.47 Å². The summed E-state index contributed by atoms with van der Waals surface area (Å²) in [6.45, 7) is 0.519. The zero-order valence-corrected chi connectivity index (χ0v) is 16.1. The molecule has 2 heterocycles. The molecule has 2 aromatic rings. The van der Waals surface area contributed by atoms with Crippen LogP contribution in [0, 0.1) is 0 Å². The van der Waals surface area contributed by atoms with Crippen LogP contribution in [0.4, 0.5) is 0 Å². The highest BCUT2D eigenvalue weighted by atomic mass is 32.2. The molecule has 0 saturated carbocycles. The van der Waals surface area contributed by atoms with E-state index in [2.05, 4.69) is 0 Å². The number of nitrogens with zero attached hydrogens (tertiary/aromatic N) is 1. The van der Waals surface area contributed by atoms with Crippen molar-refractivity contribution in [1.29, 1.82) is 0 Å². The van der Waals surface area contributed by atoms with Crippen molar-refractivity contribution >= 4 is 21.4 Å². The molecule has 25 heavy (non-hydrogen) atoms. The van der Waals surface area contributed by atoms with Crippen LogP contribution in [0.25, 0.3) is 0 Å². The standard InChI is InChI=1S/C18H23NO4S2/c1-22-14-9-10-16(23-2)18(13-14)25(20,21)19-11-5-3-4-7-15(19)17-8-6-12-24-17/h6,8-10,12-13,15H,3-5,7,11H2,1-2H3. The van der Waals surface area contributed by atoms with Crippen LogP contribution >= 0.6 is 11.3 Å². The highest BCUT2D eigenvalue weighted by Crippen LogP contribution is 2.39. The maximum Gasteiger partial charge on any atom is 0.247 e. The number of ether oxygens (including phenoxy) is 2. The van der Waals surface area contributed by atoms with Gasteiger partial charge in [-0.05, 0) is 36.4 Å². The summed E-state index contributed by atoms with van der Waals surface area (Å²) in [5.41, 5.74) is 0. The largest absolute Gasteiger partial charge is 0.497 e. The van der Waals surface area contributed by atoms with Gasteiger partial charge in [-0.2, -0.15) is 4.31 Å². The molecule has 1 atom stereocenters. The first-order valence-corrected chi connectivity index (χ1v) is 10.7. The first kappa shape index (κ1) is 18.2. The number of benzene rings is 1. The van der Waals surface area contributed by atoms with Crippen LogP contribution in [0.3, 0.4) is 0 Å². The zero-order chi connectivity index (χ0) is 17.9. The SMILES string of the molecule is COc1ccc(OC)c(S(=O)(=O)N2CCCCCC2c2cccs2)c1. The van der Waals surface area contributed by atoms with Gasteiger partial charge in [-0.15, -0.1) is 11.3 Å². The number of rotatable bonds is 5. The predicted octanol–water partition coefficient (Wildman–Crippen LogP) is 4.07. The molecule has 1 saturated heterocycles. The minimum Gasteiger partial charge on any atom is -0.497 e. The number of hydrogen-bond donors (Lipinski definition) is 0. The Labute approximate surface area is 153 Å². The van der Waals surface area contributed by atoms with Gasteiger partial charge in [0.15, 0.2) is 0 Å². The third-order valence-electron chi connectivity index (χ3n) is 4.53. The van der Waals surface area contributed by atoms with Crippen molar-refractivity contribution in [3.8, 4) is 11.5 Å². The smallest absolute Gasteiger partial charge is 0.247 e. The molecule has 0 aliphatic carbocycles. The van der Waals surface area contributed by atoms with E-state index >= 15 is 0 Å². The quantitative estimate of drug-likeness (QED) is 0.783. The Morgan fingerprint density at radius 1 is 1.12 bits per heavy atom. The van der Waals surface area contributed by atoms with Gasteiger partial charge in [0.1, 0.15) is 16.4 Å². The minimum atomic E-state index is -3.70. The molecule has 0 amide bonds. The summed E-state index contributed by atoms with van der Waals surface area (Å²) in [6.07, 6.45) is 3.78. The lowest BCUT2D eigenvalue weighted by Gasteiger charge is -2.29. The lowest BCUT2D eigenvalue weighted by atomic mass is 10.1. The summed E-state index contributed by atoms with van der Waals surface area (Å²) < 4.78 is 39.2. The summed E-state index contributed by atoms with van der Waals surface area (Å²) in [5.74, 6) is 0.844. The average molecular weight is 382 g/mol. The highest BCUT2D eigenvalue weighted by molar-refractivity contribution is 7.89. The first-order chi connectivity index (χ1) is 12.1. The van der Waals surface area contributed by atoms with Gasteiger partial charge in [0, 0.05) is 17.5 Å². The second-order valence-corrected chi connectivity index (χ2v) is 8.85. The molecule has 7 heteroatoms. The first-order valence-electron chi connectivity index (χ1n) is 8.35. The summed E-state index contributed by atoms with van der Waals surface area (Å²) in [7, 11) is -0.688. The minimum absolute atomic E-state index is 0.122. The molecular weight excluding hydrogens is 358 g/mol. The highest BCUT2D eigenvalue weighted by Gasteiger charge is 2.35.